The lowest BCUT2D eigenvalue weighted by atomic mass is 10.1. The number of hydrogen-bond donors (Lipinski definition) is 1. The molecule has 1 aliphatic rings. The lowest BCUT2D eigenvalue weighted by molar-refractivity contribution is 0.0699. The normalized spacial score (nSPS) is 14.7. The summed E-state index contributed by atoms with van der Waals surface area (Å²) in [5, 5.41) is 2.81. The number of para-hydroxylation sites is 1. The first-order valence-corrected chi connectivity index (χ1v) is 11.7. The maximum atomic E-state index is 13.2. The summed E-state index contributed by atoms with van der Waals surface area (Å²) in [5.41, 5.74) is 1.29. The molecule has 0 radical (unpaired) electrons. The van der Waals surface area contributed by atoms with Gasteiger partial charge in [-0.25, -0.2) is 8.42 Å². The first-order valence-electron chi connectivity index (χ1n) is 10.3. The summed E-state index contributed by atoms with van der Waals surface area (Å²) in [6, 6.07) is 23.9. The first kappa shape index (κ1) is 21.7. The topological polar surface area (TPSA) is 86.8 Å². The molecular weight excluding hydrogens is 426 g/mol. The fraction of sp³-hybridized carbons (Fsp3) is 0.167. The third kappa shape index (κ3) is 4.56. The summed E-state index contributed by atoms with van der Waals surface area (Å²) >= 11 is 0. The van der Waals surface area contributed by atoms with E-state index in [-0.39, 0.29) is 42.9 Å². The molecule has 0 saturated carbocycles. The lowest BCUT2D eigenvalue weighted by Crippen LogP contribution is -2.50. The Morgan fingerprint density at radius 3 is 1.94 bits per heavy atom. The zero-order valence-corrected chi connectivity index (χ0v) is 18.2. The average Bonchev–Trinajstić information content (AvgIpc) is 2.85. The number of carbonyl (C=O) groups excluding carboxylic acids is 2. The second-order valence-corrected chi connectivity index (χ2v) is 9.31. The third-order valence-electron chi connectivity index (χ3n) is 5.35. The summed E-state index contributed by atoms with van der Waals surface area (Å²) in [4.78, 5) is 27.6. The minimum Gasteiger partial charge on any atom is -0.336 e. The molecule has 164 valence electrons. The van der Waals surface area contributed by atoms with Crippen LogP contribution in [0, 0.1) is 0 Å². The Kier molecular flexibility index (Phi) is 6.34. The summed E-state index contributed by atoms with van der Waals surface area (Å²) in [7, 11) is -3.59. The summed E-state index contributed by atoms with van der Waals surface area (Å²) in [5.74, 6) is -0.546. The van der Waals surface area contributed by atoms with E-state index in [9.17, 15) is 18.0 Å². The Morgan fingerprint density at radius 2 is 1.28 bits per heavy atom. The zero-order valence-electron chi connectivity index (χ0n) is 17.3. The average molecular weight is 450 g/mol. The standard InChI is InChI=1S/C24H23N3O4S/c28-23(19-9-3-1-4-10-19)25-22-14-8-7-13-21(22)24(29)26-15-17-27(18-16-26)32(30,31)20-11-5-2-6-12-20/h1-14H,15-18H2,(H,25,28). The number of amides is 2. The zero-order chi connectivity index (χ0) is 22.6. The predicted molar refractivity (Wildman–Crippen MR) is 122 cm³/mol. The molecule has 1 aliphatic heterocycles. The Labute approximate surface area is 187 Å². The molecule has 1 fully saturated rings. The van der Waals surface area contributed by atoms with E-state index in [1.54, 1.807) is 83.8 Å². The van der Waals surface area contributed by atoms with Crippen LogP contribution in [0.1, 0.15) is 20.7 Å². The monoisotopic (exact) mass is 449 g/mol. The van der Waals surface area contributed by atoms with Gasteiger partial charge in [-0.2, -0.15) is 4.31 Å². The lowest BCUT2D eigenvalue weighted by Gasteiger charge is -2.34. The van der Waals surface area contributed by atoms with Crippen LogP contribution in [0.2, 0.25) is 0 Å². The van der Waals surface area contributed by atoms with Crippen molar-refractivity contribution in [2.24, 2.45) is 0 Å². The molecule has 1 saturated heterocycles. The van der Waals surface area contributed by atoms with Gasteiger partial charge in [-0.05, 0) is 36.4 Å². The minimum absolute atomic E-state index is 0.210. The number of piperazine rings is 1. The van der Waals surface area contributed by atoms with Crippen molar-refractivity contribution in [1.82, 2.24) is 9.21 Å². The van der Waals surface area contributed by atoms with Gasteiger partial charge in [0, 0.05) is 31.7 Å². The second kappa shape index (κ2) is 9.33. The maximum absolute atomic E-state index is 13.2. The Bertz CT molecular complexity index is 1210. The summed E-state index contributed by atoms with van der Waals surface area (Å²) < 4.78 is 27.0. The van der Waals surface area contributed by atoms with Gasteiger partial charge in [-0.1, -0.05) is 48.5 Å². The maximum Gasteiger partial charge on any atom is 0.256 e. The minimum atomic E-state index is -3.59. The van der Waals surface area contributed by atoms with E-state index in [2.05, 4.69) is 5.32 Å². The molecule has 3 aromatic carbocycles. The third-order valence-corrected chi connectivity index (χ3v) is 7.26. The molecule has 8 heteroatoms. The van der Waals surface area contributed by atoms with E-state index in [0.717, 1.165) is 0 Å². The largest absolute Gasteiger partial charge is 0.336 e. The first-order chi connectivity index (χ1) is 15.5. The highest BCUT2D eigenvalue weighted by molar-refractivity contribution is 7.89. The molecule has 1 heterocycles. The quantitative estimate of drug-likeness (QED) is 0.649. The molecule has 2 amide bonds. The highest BCUT2D eigenvalue weighted by Crippen LogP contribution is 2.21. The van der Waals surface area contributed by atoms with Gasteiger partial charge in [-0.3, -0.25) is 9.59 Å². The van der Waals surface area contributed by atoms with Crippen molar-refractivity contribution < 1.29 is 18.0 Å². The van der Waals surface area contributed by atoms with E-state index in [1.807, 2.05) is 6.07 Å². The van der Waals surface area contributed by atoms with Crippen LogP contribution in [0.25, 0.3) is 0 Å². The Balaban J connectivity index is 1.46. The van der Waals surface area contributed by atoms with Gasteiger partial charge in [0.15, 0.2) is 0 Å². The van der Waals surface area contributed by atoms with Crippen LogP contribution >= 0.6 is 0 Å². The van der Waals surface area contributed by atoms with Crippen molar-refractivity contribution in [1.29, 1.82) is 0 Å². The van der Waals surface area contributed by atoms with Crippen molar-refractivity contribution in [3.63, 3.8) is 0 Å². The van der Waals surface area contributed by atoms with Crippen molar-refractivity contribution in [3.8, 4) is 0 Å². The van der Waals surface area contributed by atoms with Crippen molar-refractivity contribution in [2.45, 2.75) is 4.90 Å². The SMILES string of the molecule is O=C(Nc1ccccc1C(=O)N1CCN(S(=O)(=O)c2ccccc2)CC1)c1ccccc1. The van der Waals surface area contributed by atoms with Crippen LogP contribution in [0.15, 0.2) is 89.8 Å². The summed E-state index contributed by atoms with van der Waals surface area (Å²) in [6.45, 7) is 0.959. The van der Waals surface area contributed by atoms with Crippen molar-refractivity contribution in [2.75, 3.05) is 31.5 Å². The number of hydrogen-bond acceptors (Lipinski definition) is 4. The van der Waals surface area contributed by atoms with Gasteiger partial charge in [0.25, 0.3) is 11.8 Å². The van der Waals surface area contributed by atoms with Crippen LogP contribution in [-0.2, 0) is 10.0 Å². The number of rotatable bonds is 5. The molecule has 0 atom stereocenters. The van der Waals surface area contributed by atoms with Crippen LogP contribution in [0.5, 0.6) is 0 Å². The van der Waals surface area contributed by atoms with Gasteiger partial charge >= 0.3 is 0 Å². The number of carbonyl (C=O) groups is 2. The van der Waals surface area contributed by atoms with Crippen molar-refractivity contribution in [3.05, 3.63) is 96.1 Å². The number of benzene rings is 3. The van der Waals surface area contributed by atoms with Crippen LogP contribution in [0.3, 0.4) is 0 Å². The number of nitrogens with zero attached hydrogens (tertiary/aromatic N) is 2. The predicted octanol–water partition coefficient (Wildman–Crippen LogP) is 3.09. The van der Waals surface area contributed by atoms with E-state index in [1.165, 1.54) is 4.31 Å². The van der Waals surface area contributed by atoms with Gasteiger partial charge in [0.2, 0.25) is 10.0 Å². The summed E-state index contributed by atoms with van der Waals surface area (Å²) in [6.07, 6.45) is 0. The van der Waals surface area contributed by atoms with Gasteiger partial charge < -0.3 is 10.2 Å². The molecule has 0 aromatic heterocycles. The van der Waals surface area contributed by atoms with E-state index in [4.69, 9.17) is 0 Å². The molecular formula is C24H23N3O4S. The second-order valence-electron chi connectivity index (χ2n) is 7.38. The fourth-order valence-electron chi connectivity index (χ4n) is 3.61. The molecule has 0 spiro atoms. The highest BCUT2D eigenvalue weighted by atomic mass is 32.2. The van der Waals surface area contributed by atoms with Crippen LogP contribution < -0.4 is 5.32 Å². The highest BCUT2D eigenvalue weighted by Gasteiger charge is 2.31. The number of sulfonamides is 1. The van der Waals surface area contributed by atoms with E-state index >= 15 is 0 Å². The fourth-order valence-corrected chi connectivity index (χ4v) is 5.05. The molecule has 0 aliphatic carbocycles. The van der Waals surface area contributed by atoms with Crippen LogP contribution in [-0.4, -0.2) is 55.6 Å². The molecule has 0 bridgehead atoms. The van der Waals surface area contributed by atoms with Crippen LogP contribution in [0.4, 0.5) is 5.69 Å². The van der Waals surface area contributed by atoms with Crippen molar-refractivity contribution >= 4 is 27.5 Å². The Morgan fingerprint density at radius 1 is 0.719 bits per heavy atom. The number of anilines is 1. The van der Waals surface area contributed by atoms with E-state index in [0.29, 0.717) is 16.8 Å². The Hall–Kier alpha value is -3.49. The van der Waals surface area contributed by atoms with E-state index < -0.39 is 10.0 Å². The van der Waals surface area contributed by atoms with Gasteiger partial charge in [-0.15, -0.1) is 0 Å². The number of nitrogens with one attached hydrogen (secondary N) is 1. The molecule has 0 unspecified atom stereocenters. The van der Waals surface area contributed by atoms with Gasteiger partial charge in [0.05, 0.1) is 16.1 Å². The molecule has 1 N–H and O–H groups in total. The molecule has 4 rings (SSSR count). The molecule has 32 heavy (non-hydrogen) atoms. The smallest absolute Gasteiger partial charge is 0.256 e. The molecule has 7 nitrogen and oxygen atoms in total. The van der Waals surface area contributed by atoms with Gasteiger partial charge in [0.1, 0.15) is 0 Å². The molecule has 3 aromatic rings.